The number of amidine groups is 1. The van der Waals surface area contributed by atoms with Crippen LogP contribution in [0, 0.1) is 5.92 Å². The van der Waals surface area contributed by atoms with Crippen LogP contribution in [-0.4, -0.2) is 43.1 Å². The van der Waals surface area contributed by atoms with Gasteiger partial charge in [0, 0.05) is 11.5 Å². The molecule has 2 aromatic rings. The van der Waals surface area contributed by atoms with E-state index in [0.717, 1.165) is 4.47 Å². The Balaban J connectivity index is 1.53. The summed E-state index contributed by atoms with van der Waals surface area (Å²) in [7, 11) is 1.82. The number of carbonyl (C=O) groups is 1. The summed E-state index contributed by atoms with van der Waals surface area (Å²) in [4.78, 5) is 20.7. The standard InChI is InChI=1S/C18H14BrN5O2S/c1-24-16(12-8-10(19)6-7-14(12)25)22-23-18(24)27-9-15-20-13-5-3-2-4-11(13)17(26)21-15/h2-8,11,25H,9H2,1H3. The number of nitrogens with zero attached hydrogens (tertiary/aromatic N) is 5. The van der Waals surface area contributed by atoms with Crippen molar-refractivity contribution in [3.05, 3.63) is 47.0 Å². The fraction of sp³-hybridized carbons (Fsp3) is 0.167. The van der Waals surface area contributed by atoms with Gasteiger partial charge >= 0.3 is 0 Å². The highest BCUT2D eigenvalue weighted by Gasteiger charge is 2.26. The summed E-state index contributed by atoms with van der Waals surface area (Å²) >= 11 is 4.78. The summed E-state index contributed by atoms with van der Waals surface area (Å²) in [6.45, 7) is 0. The molecule has 2 aliphatic rings. The van der Waals surface area contributed by atoms with Gasteiger partial charge in [-0.15, -0.1) is 10.2 Å². The third-order valence-electron chi connectivity index (χ3n) is 4.13. The predicted molar refractivity (Wildman–Crippen MR) is 108 cm³/mol. The minimum absolute atomic E-state index is 0.127. The largest absolute Gasteiger partial charge is 0.507 e. The van der Waals surface area contributed by atoms with Crippen LogP contribution in [0.25, 0.3) is 11.4 Å². The molecule has 2 heterocycles. The Hall–Kier alpha value is -2.52. The zero-order chi connectivity index (χ0) is 19.0. The number of hydrogen-bond donors (Lipinski definition) is 1. The first kappa shape index (κ1) is 17.9. The third kappa shape index (κ3) is 3.52. The summed E-state index contributed by atoms with van der Waals surface area (Å²) in [5, 5.41) is 19.1. The number of fused-ring (bicyclic) bond motifs is 1. The van der Waals surface area contributed by atoms with Gasteiger partial charge in [0.15, 0.2) is 11.0 Å². The molecule has 0 saturated carbocycles. The van der Waals surface area contributed by atoms with Crippen molar-refractivity contribution in [3.63, 3.8) is 0 Å². The van der Waals surface area contributed by atoms with Gasteiger partial charge in [-0.3, -0.25) is 4.79 Å². The first-order valence-corrected chi connectivity index (χ1v) is 9.87. The number of amides is 1. The van der Waals surface area contributed by atoms with E-state index in [1.165, 1.54) is 11.8 Å². The van der Waals surface area contributed by atoms with Crippen LogP contribution < -0.4 is 0 Å². The number of aliphatic imine (C=N–C) groups is 2. The lowest BCUT2D eigenvalue weighted by molar-refractivity contribution is -0.118. The van der Waals surface area contributed by atoms with E-state index in [2.05, 4.69) is 36.1 Å². The van der Waals surface area contributed by atoms with Crippen LogP contribution >= 0.6 is 27.7 Å². The average molecular weight is 444 g/mol. The molecule has 9 heteroatoms. The maximum atomic E-state index is 12.1. The average Bonchev–Trinajstić information content (AvgIpc) is 3.02. The minimum Gasteiger partial charge on any atom is -0.507 e. The molecule has 0 saturated heterocycles. The number of phenols is 1. The molecule has 4 rings (SSSR count). The number of carbonyl (C=O) groups excluding carboxylic acids is 1. The van der Waals surface area contributed by atoms with Crippen LogP contribution in [0.5, 0.6) is 5.75 Å². The Morgan fingerprint density at radius 3 is 2.96 bits per heavy atom. The Kier molecular flexibility index (Phi) is 4.79. The molecule has 0 spiro atoms. The minimum atomic E-state index is -0.371. The first-order chi connectivity index (χ1) is 13.0. The Labute approximate surface area is 167 Å². The first-order valence-electron chi connectivity index (χ1n) is 8.09. The highest BCUT2D eigenvalue weighted by atomic mass is 79.9. The van der Waals surface area contributed by atoms with Gasteiger partial charge in [-0.25, -0.2) is 4.99 Å². The smallest absolute Gasteiger partial charge is 0.260 e. The molecule has 1 aromatic carbocycles. The number of rotatable bonds is 4. The highest BCUT2D eigenvalue weighted by Crippen LogP contribution is 2.32. The van der Waals surface area contributed by atoms with Crippen molar-refractivity contribution in [2.45, 2.75) is 5.16 Å². The summed E-state index contributed by atoms with van der Waals surface area (Å²) in [6, 6.07) is 5.14. The van der Waals surface area contributed by atoms with Gasteiger partial charge in [-0.1, -0.05) is 45.9 Å². The van der Waals surface area contributed by atoms with E-state index in [0.29, 0.717) is 33.8 Å². The van der Waals surface area contributed by atoms with Crippen molar-refractivity contribution >= 4 is 45.1 Å². The molecular formula is C18H14BrN5O2S. The Morgan fingerprint density at radius 1 is 1.26 bits per heavy atom. The molecule has 7 nitrogen and oxygen atoms in total. The van der Waals surface area contributed by atoms with Gasteiger partial charge in [-0.2, -0.15) is 4.99 Å². The van der Waals surface area contributed by atoms with Gasteiger partial charge in [0.2, 0.25) is 0 Å². The van der Waals surface area contributed by atoms with Crippen molar-refractivity contribution < 1.29 is 9.90 Å². The molecule has 0 fully saturated rings. The maximum Gasteiger partial charge on any atom is 0.260 e. The second kappa shape index (κ2) is 7.24. The van der Waals surface area contributed by atoms with Crippen LogP contribution in [0.1, 0.15) is 0 Å². The van der Waals surface area contributed by atoms with Crippen molar-refractivity contribution in [2.75, 3.05) is 5.75 Å². The van der Waals surface area contributed by atoms with E-state index >= 15 is 0 Å². The zero-order valence-electron chi connectivity index (χ0n) is 14.2. The van der Waals surface area contributed by atoms with E-state index in [4.69, 9.17) is 0 Å². The molecule has 1 aliphatic carbocycles. The highest BCUT2D eigenvalue weighted by molar-refractivity contribution is 9.10. The second-order valence-electron chi connectivity index (χ2n) is 5.94. The van der Waals surface area contributed by atoms with Gasteiger partial charge < -0.3 is 9.67 Å². The summed E-state index contributed by atoms with van der Waals surface area (Å²) in [5.74, 6) is 0.965. The molecule has 136 valence electrons. The molecule has 1 aliphatic heterocycles. The molecule has 1 N–H and O–H groups in total. The molecule has 0 bridgehead atoms. The summed E-state index contributed by atoms with van der Waals surface area (Å²) in [5.41, 5.74) is 1.30. The Bertz CT molecular complexity index is 1050. The van der Waals surface area contributed by atoms with Gasteiger partial charge in [-0.05, 0) is 24.3 Å². The van der Waals surface area contributed by atoms with E-state index in [1.54, 1.807) is 28.8 Å². The molecule has 1 unspecified atom stereocenters. The van der Waals surface area contributed by atoms with E-state index < -0.39 is 0 Å². The van der Waals surface area contributed by atoms with E-state index in [9.17, 15) is 9.90 Å². The van der Waals surface area contributed by atoms with Crippen LogP contribution in [0.2, 0.25) is 0 Å². The summed E-state index contributed by atoms with van der Waals surface area (Å²) < 4.78 is 2.62. The molecule has 1 aromatic heterocycles. The lowest BCUT2D eigenvalue weighted by atomic mass is 9.97. The van der Waals surface area contributed by atoms with Gasteiger partial charge in [0.25, 0.3) is 5.91 Å². The quantitative estimate of drug-likeness (QED) is 0.732. The molecule has 0 radical (unpaired) electrons. The fourth-order valence-corrected chi connectivity index (χ4v) is 3.90. The SMILES string of the molecule is Cn1c(SCC2=NC(=O)C3C=CC=CC3=N2)nnc1-c1cc(Br)ccc1O. The Morgan fingerprint density at radius 2 is 2.11 bits per heavy atom. The number of aromatic nitrogens is 3. The number of phenolic OH excluding ortho intramolecular Hbond substituents is 1. The van der Waals surface area contributed by atoms with Crippen molar-refractivity contribution in [1.82, 2.24) is 14.8 Å². The van der Waals surface area contributed by atoms with Crippen LogP contribution in [0.4, 0.5) is 0 Å². The maximum absolute atomic E-state index is 12.1. The number of thioether (sulfide) groups is 1. The van der Waals surface area contributed by atoms with Crippen molar-refractivity contribution in [2.24, 2.45) is 23.0 Å². The van der Waals surface area contributed by atoms with Crippen LogP contribution in [0.15, 0.2) is 62.1 Å². The second-order valence-corrected chi connectivity index (χ2v) is 7.80. The number of benzene rings is 1. The number of halogens is 1. The number of hydrogen-bond acceptors (Lipinski definition) is 6. The van der Waals surface area contributed by atoms with Gasteiger partial charge in [0.05, 0.1) is 17.0 Å². The van der Waals surface area contributed by atoms with E-state index in [1.807, 2.05) is 25.3 Å². The molecule has 1 amide bonds. The van der Waals surface area contributed by atoms with Crippen molar-refractivity contribution in [1.29, 1.82) is 0 Å². The lowest BCUT2D eigenvalue weighted by Crippen LogP contribution is -2.27. The zero-order valence-corrected chi connectivity index (χ0v) is 16.6. The molecular weight excluding hydrogens is 430 g/mol. The monoisotopic (exact) mass is 443 g/mol. The molecule has 1 atom stereocenters. The summed E-state index contributed by atoms with van der Waals surface area (Å²) in [6.07, 6.45) is 7.32. The van der Waals surface area contributed by atoms with Crippen LogP contribution in [0.3, 0.4) is 0 Å². The normalized spacial score (nSPS) is 18.3. The van der Waals surface area contributed by atoms with Crippen molar-refractivity contribution in [3.8, 4) is 17.1 Å². The number of aromatic hydroxyl groups is 1. The van der Waals surface area contributed by atoms with E-state index in [-0.39, 0.29) is 17.6 Å². The topological polar surface area (TPSA) is 92.7 Å². The lowest BCUT2D eigenvalue weighted by Gasteiger charge is -2.17. The third-order valence-corrected chi connectivity index (χ3v) is 5.64. The predicted octanol–water partition coefficient (Wildman–Crippen LogP) is 3.16. The van der Waals surface area contributed by atoms with Crippen LogP contribution in [-0.2, 0) is 11.8 Å². The molecule has 27 heavy (non-hydrogen) atoms. The number of allylic oxidation sites excluding steroid dienone is 3. The fourth-order valence-electron chi connectivity index (χ4n) is 2.77. The van der Waals surface area contributed by atoms with Gasteiger partial charge in [0.1, 0.15) is 17.5 Å².